The van der Waals surface area contributed by atoms with E-state index in [0.29, 0.717) is 37.9 Å². The van der Waals surface area contributed by atoms with Crippen molar-refractivity contribution in [2.75, 3.05) is 0 Å². The number of benzene rings is 1. The third-order valence-corrected chi connectivity index (χ3v) is 3.27. The molecular weight excluding hydrogens is 304 g/mol. The third-order valence-electron chi connectivity index (χ3n) is 3.27. The SMILES string of the molecule is CCC(CCCCCC(=O)NC(=O)Oc1ccccc1)=C(F)F. The molecule has 0 saturated heterocycles. The first-order valence-corrected chi connectivity index (χ1v) is 7.62. The number of rotatable bonds is 8. The smallest absolute Gasteiger partial charge is 0.410 e. The lowest BCUT2D eigenvalue weighted by Crippen LogP contribution is -2.32. The number of allylic oxidation sites excluding steroid dienone is 1. The van der Waals surface area contributed by atoms with Gasteiger partial charge in [0.25, 0.3) is 6.08 Å². The number of unbranched alkanes of at least 4 members (excludes halogenated alkanes) is 2. The maximum Gasteiger partial charge on any atom is 0.419 e. The van der Waals surface area contributed by atoms with E-state index >= 15 is 0 Å². The Morgan fingerprint density at radius 1 is 1.04 bits per heavy atom. The number of hydrogen-bond donors (Lipinski definition) is 1. The van der Waals surface area contributed by atoms with E-state index in [-0.39, 0.29) is 12.0 Å². The molecule has 0 radical (unpaired) electrons. The van der Waals surface area contributed by atoms with Gasteiger partial charge in [-0.15, -0.1) is 0 Å². The number of halogens is 2. The zero-order chi connectivity index (χ0) is 17.1. The van der Waals surface area contributed by atoms with Crippen molar-refractivity contribution in [2.45, 2.75) is 45.4 Å². The highest BCUT2D eigenvalue weighted by molar-refractivity contribution is 5.92. The summed E-state index contributed by atoms with van der Waals surface area (Å²) in [5.41, 5.74) is 0.167. The number of carbonyl (C=O) groups excluding carboxylic acids is 2. The summed E-state index contributed by atoms with van der Waals surface area (Å²) in [5, 5.41) is 2.13. The predicted molar refractivity (Wildman–Crippen MR) is 83.2 cm³/mol. The van der Waals surface area contributed by atoms with E-state index in [1.807, 2.05) is 0 Å². The van der Waals surface area contributed by atoms with Crippen molar-refractivity contribution in [2.24, 2.45) is 0 Å². The Labute approximate surface area is 134 Å². The Hall–Kier alpha value is -2.24. The summed E-state index contributed by atoms with van der Waals surface area (Å²) in [6.45, 7) is 1.69. The molecule has 0 spiro atoms. The molecule has 0 aliphatic heterocycles. The van der Waals surface area contributed by atoms with Gasteiger partial charge in [-0.1, -0.05) is 31.5 Å². The van der Waals surface area contributed by atoms with Crippen LogP contribution in [-0.4, -0.2) is 12.0 Å². The van der Waals surface area contributed by atoms with E-state index in [0.717, 1.165) is 0 Å². The Morgan fingerprint density at radius 2 is 1.70 bits per heavy atom. The minimum Gasteiger partial charge on any atom is -0.410 e. The summed E-state index contributed by atoms with van der Waals surface area (Å²) in [7, 11) is 0. The van der Waals surface area contributed by atoms with Gasteiger partial charge in [0.1, 0.15) is 5.75 Å². The van der Waals surface area contributed by atoms with Crippen LogP contribution in [-0.2, 0) is 4.79 Å². The first kappa shape index (κ1) is 18.8. The van der Waals surface area contributed by atoms with Crippen LogP contribution in [0.2, 0.25) is 0 Å². The lowest BCUT2D eigenvalue weighted by molar-refractivity contribution is -0.120. The molecule has 0 unspecified atom stereocenters. The van der Waals surface area contributed by atoms with E-state index in [1.165, 1.54) is 0 Å². The van der Waals surface area contributed by atoms with E-state index in [1.54, 1.807) is 37.3 Å². The second-order valence-corrected chi connectivity index (χ2v) is 5.03. The Kier molecular flexibility index (Phi) is 8.57. The molecule has 0 aliphatic rings. The molecule has 1 aromatic rings. The van der Waals surface area contributed by atoms with Gasteiger partial charge in [-0.3, -0.25) is 10.1 Å². The highest BCUT2D eigenvalue weighted by atomic mass is 19.3. The van der Waals surface area contributed by atoms with E-state index < -0.39 is 18.1 Å². The van der Waals surface area contributed by atoms with Crippen LogP contribution >= 0.6 is 0 Å². The number of carbonyl (C=O) groups is 2. The van der Waals surface area contributed by atoms with Gasteiger partial charge in [-0.2, -0.15) is 8.78 Å². The maximum atomic E-state index is 12.4. The average molecular weight is 325 g/mol. The van der Waals surface area contributed by atoms with Crippen LogP contribution in [0.25, 0.3) is 0 Å². The highest BCUT2D eigenvalue weighted by Crippen LogP contribution is 2.19. The van der Waals surface area contributed by atoms with Crippen LogP contribution in [0, 0.1) is 0 Å². The normalized spacial score (nSPS) is 10.0. The van der Waals surface area contributed by atoms with Crippen molar-refractivity contribution in [3.8, 4) is 5.75 Å². The fourth-order valence-corrected chi connectivity index (χ4v) is 2.00. The number of nitrogens with one attached hydrogen (secondary N) is 1. The number of imide groups is 1. The summed E-state index contributed by atoms with van der Waals surface area (Å²) in [6.07, 6.45) is 0.207. The summed E-state index contributed by atoms with van der Waals surface area (Å²) in [4.78, 5) is 23.0. The quantitative estimate of drug-likeness (QED) is 0.698. The van der Waals surface area contributed by atoms with Crippen molar-refractivity contribution >= 4 is 12.0 Å². The molecule has 1 rings (SSSR count). The predicted octanol–water partition coefficient (Wildman–Crippen LogP) is 4.81. The monoisotopic (exact) mass is 325 g/mol. The molecule has 126 valence electrons. The fourth-order valence-electron chi connectivity index (χ4n) is 2.00. The number of ether oxygens (including phenoxy) is 1. The molecule has 4 nitrogen and oxygen atoms in total. The van der Waals surface area contributed by atoms with Gasteiger partial charge in [-0.25, -0.2) is 4.79 Å². The fraction of sp³-hybridized carbons (Fsp3) is 0.412. The van der Waals surface area contributed by atoms with Crippen LogP contribution in [0.5, 0.6) is 5.75 Å². The van der Waals surface area contributed by atoms with Crippen LogP contribution in [0.15, 0.2) is 42.0 Å². The molecule has 6 heteroatoms. The largest absolute Gasteiger partial charge is 0.419 e. The maximum absolute atomic E-state index is 12.4. The Bertz CT molecular complexity index is 540. The third kappa shape index (κ3) is 8.09. The van der Waals surface area contributed by atoms with Gasteiger partial charge in [0.2, 0.25) is 5.91 Å². The summed E-state index contributed by atoms with van der Waals surface area (Å²) < 4.78 is 29.8. The molecule has 1 N–H and O–H groups in total. The van der Waals surface area contributed by atoms with Crippen LogP contribution < -0.4 is 10.1 Å². The topological polar surface area (TPSA) is 55.4 Å². The van der Waals surface area contributed by atoms with E-state index in [4.69, 9.17) is 4.74 Å². The van der Waals surface area contributed by atoms with Crippen LogP contribution in [0.4, 0.5) is 13.6 Å². The second-order valence-electron chi connectivity index (χ2n) is 5.03. The zero-order valence-electron chi connectivity index (χ0n) is 13.1. The standard InChI is InChI=1S/C17H21F2NO3/c1-2-13(16(18)19)9-5-3-8-12-15(21)20-17(22)23-14-10-6-4-7-11-14/h4,6-7,10-11H,2-3,5,8-9,12H2,1H3,(H,20,21,22). The second kappa shape index (κ2) is 10.5. The van der Waals surface area contributed by atoms with Crippen LogP contribution in [0.1, 0.15) is 45.4 Å². The number of amides is 2. The number of hydrogen-bond acceptors (Lipinski definition) is 3. The van der Waals surface area contributed by atoms with Crippen molar-refractivity contribution in [1.82, 2.24) is 5.32 Å². The van der Waals surface area contributed by atoms with Crippen molar-refractivity contribution < 1.29 is 23.1 Å². The highest BCUT2D eigenvalue weighted by Gasteiger charge is 2.10. The Balaban J connectivity index is 2.17. The van der Waals surface area contributed by atoms with Gasteiger partial charge in [0, 0.05) is 6.42 Å². The van der Waals surface area contributed by atoms with Crippen molar-refractivity contribution in [3.05, 3.63) is 42.0 Å². The molecular formula is C17H21F2NO3. The minimum absolute atomic E-state index is 0.160. The first-order chi connectivity index (χ1) is 11.0. The molecule has 23 heavy (non-hydrogen) atoms. The molecule has 2 amide bonds. The van der Waals surface area contributed by atoms with Gasteiger partial charge >= 0.3 is 6.09 Å². The van der Waals surface area contributed by atoms with Gasteiger partial charge < -0.3 is 4.74 Å². The molecule has 0 aromatic heterocycles. The summed E-state index contributed by atoms with van der Waals surface area (Å²) in [6, 6.07) is 8.41. The summed E-state index contributed by atoms with van der Waals surface area (Å²) in [5.74, 6) is -0.0845. The molecule has 0 fully saturated rings. The molecule has 0 bridgehead atoms. The van der Waals surface area contributed by atoms with Crippen molar-refractivity contribution in [3.63, 3.8) is 0 Å². The summed E-state index contributed by atoms with van der Waals surface area (Å²) >= 11 is 0. The van der Waals surface area contributed by atoms with Crippen molar-refractivity contribution in [1.29, 1.82) is 0 Å². The molecule has 0 saturated carbocycles. The molecule has 0 heterocycles. The van der Waals surface area contributed by atoms with Crippen LogP contribution in [0.3, 0.4) is 0 Å². The van der Waals surface area contributed by atoms with Gasteiger partial charge in [0.15, 0.2) is 0 Å². The molecule has 1 aromatic carbocycles. The minimum atomic E-state index is -1.60. The number of para-hydroxylation sites is 1. The van der Waals surface area contributed by atoms with Gasteiger partial charge in [-0.05, 0) is 43.4 Å². The van der Waals surface area contributed by atoms with E-state index in [2.05, 4.69) is 5.32 Å². The molecule has 0 aliphatic carbocycles. The lowest BCUT2D eigenvalue weighted by Gasteiger charge is -2.06. The average Bonchev–Trinajstić information content (AvgIpc) is 2.51. The van der Waals surface area contributed by atoms with Gasteiger partial charge in [0.05, 0.1) is 0 Å². The lowest BCUT2D eigenvalue weighted by atomic mass is 10.1. The Morgan fingerprint density at radius 3 is 2.30 bits per heavy atom. The first-order valence-electron chi connectivity index (χ1n) is 7.62. The van der Waals surface area contributed by atoms with E-state index in [9.17, 15) is 18.4 Å². The zero-order valence-corrected chi connectivity index (χ0v) is 13.1. The molecule has 0 atom stereocenters.